The summed E-state index contributed by atoms with van der Waals surface area (Å²) in [5.74, 6) is 0. The molecule has 15 heavy (non-hydrogen) atoms. The molecular formula is C11H26N2O2. The van der Waals surface area contributed by atoms with Crippen LogP contribution in [0.5, 0.6) is 0 Å². The van der Waals surface area contributed by atoms with Crippen molar-refractivity contribution in [2.45, 2.75) is 26.3 Å². The topological polar surface area (TPSA) is 42.5 Å². The highest BCUT2D eigenvalue weighted by atomic mass is 16.5. The zero-order valence-electron chi connectivity index (χ0n) is 10.3. The van der Waals surface area contributed by atoms with Crippen molar-refractivity contribution in [3.63, 3.8) is 0 Å². The minimum atomic E-state index is 0.479. The first-order valence-electron chi connectivity index (χ1n) is 5.82. The molecule has 2 N–H and O–H groups in total. The van der Waals surface area contributed by atoms with E-state index in [0.29, 0.717) is 6.04 Å². The van der Waals surface area contributed by atoms with Gasteiger partial charge in [-0.3, -0.25) is 0 Å². The van der Waals surface area contributed by atoms with Gasteiger partial charge in [0.05, 0.1) is 13.2 Å². The Labute approximate surface area is 93.7 Å². The van der Waals surface area contributed by atoms with Gasteiger partial charge in [0.15, 0.2) is 0 Å². The van der Waals surface area contributed by atoms with Gasteiger partial charge in [0, 0.05) is 39.4 Å². The molecule has 0 saturated heterocycles. The highest BCUT2D eigenvalue weighted by Crippen LogP contribution is 1.81. The maximum absolute atomic E-state index is 5.37. The fraction of sp³-hybridized carbons (Fsp3) is 1.00. The Kier molecular flexibility index (Phi) is 11.8. The van der Waals surface area contributed by atoms with Crippen LogP contribution < -0.4 is 10.6 Å². The van der Waals surface area contributed by atoms with Crippen LogP contribution in [-0.4, -0.2) is 52.6 Å². The van der Waals surface area contributed by atoms with Gasteiger partial charge in [0.1, 0.15) is 0 Å². The van der Waals surface area contributed by atoms with E-state index in [9.17, 15) is 0 Å². The molecule has 0 bridgehead atoms. The average Bonchev–Trinajstić information content (AvgIpc) is 2.24. The maximum Gasteiger partial charge on any atom is 0.0591 e. The molecule has 0 heterocycles. The van der Waals surface area contributed by atoms with Crippen molar-refractivity contribution in [3.8, 4) is 0 Å². The molecule has 0 saturated carbocycles. The maximum atomic E-state index is 5.37. The number of hydrogen-bond donors (Lipinski definition) is 2. The van der Waals surface area contributed by atoms with Crippen LogP contribution in [0.3, 0.4) is 0 Å². The average molecular weight is 218 g/mol. The van der Waals surface area contributed by atoms with Crippen molar-refractivity contribution in [1.29, 1.82) is 0 Å². The third-order valence-corrected chi connectivity index (χ3v) is 2.02. The molecule has 0 aliphatic heterocycles. The van der Waals surface area contributed by atoms with Crippen molar-refractivity contribution >= 4 is 0 Å². The van der Waals surface area contributed by atoms with E-state index in [4.69, 9.17) is 9.47 Å². The molecule has 4 heteroatoms. The zero-order valence-corrected chi connectivity index (χ0v) is 10.3. The summed E-state index contributed by atoms with van der Waals surface area (Å²) in [6, 6.07) is 0.479. The number of rotatable bonds is 11. The minimum Gasteiger partial charge on any atom is -0.383 e. The molecule has 0 aliphatic rings. The lowest BCUT2D eigenvalue weighted by Gasteiger charge is -2.14. The number of methoxy groups -OCH3 is 1. The van der Waals surface area contributed by atoms with E-state index in [1.54, 1.807) is 7.11 Å². The van der Waals surface area contributed by atoms with E-state index in [1.165, 1.54) is 0 Å². The Morgan fingerprint density at radius 1 is 1.13 bits per heavy atom. The van der Waals surface area contributed by atoms with E-state index in [2.05, 4.69) is 24.5 Å². The number of ether oxygens (including phenoxy) is 2. The molecule has 0 aromatic heterocycles. The molecule has 0 fully saturated rings. The normalized spacial score (nSPS) is 13.0. The summed E-state index contributed by atoms with van der Waals surface area (Å²) in [5, 5.41) is 6.70. The van der Waals surface area contributed by atoms with Crippen molar-refractivity contribution in [2.24, 2.45) is 0 Å². The summed E-state index contributed by atoms with van der Waals surface area (Å²) in [6.07, 6.45) is 1.09. The highest BCUT2D eigenvalue weighted by molar-refractivity contribution is 4.63. The molecule has 0 aliphatic carbocycles. The summed E-state index contributed by atoms with van der Waals surface area (Å²) in [4.78, 5) is 0. The quantitative estimate of drug-likeness (QED) is 0.499. The van der Waals surface area contributed by atoms with Crippen molar-refractivity contribution in [1.82, 2.24) is 10.6 Å². The second kappa shape index (κ2) is 11.9. The molecular weight excluding hydrogens is 192 g/mol. The summed E-state index contributed by atoms with van der Waals surface area (Å²) >= 11 is 0. The highest BCUT2D eigenvalue weighted by Gasteiger charge is 1.99. The molecule has 0 aromatic rings. The van der Waals surface area contributed by atoms with Gasteiger partial charge in [-0.1, -0.05) is 6.92 Å². The van der Waals surface area contributed by atoms with E-state index in [0.717, 1.165) is 45.9 Å². The Balaban J connectivity index is 3.08. The Bertz CT molecular complexity index is 123. The molecule has 0 aromatic carbocycles. The first kappa shape index (κ1) is 14.8. The summed E-state index contributed by atoms with van der Waals surface area (Å²) in [7, 11) is 1.72. The van der Waals surface area contributed by atoms with Crippen molar-refractivity contribution in [2.75, 3.05) is 46.6 Å². The van der Waals surface area contributed by atoms with Crippen LogP contribution in [0.1, 0.15) is 20.3 Å². The smallest absolute Gasteiger partial charge is 0.0591 e. The SMILES string of the molecule is CCCOCCNC(C)CNCCOC. The van der Waals surface area contributed by atoms with Gasteiger partial charge in [-0.05, 0) is 13.3 Å². The third kappa shape index (κ3) is 11.8. The molecule has 0 radical (unpaired) electrons. The fourth-order valence-electron chi connectivity index (χ4n) is 1.19. The van der Waals surface area contributed by atoms with Crippen molar-refractivity contribution in [3.05, 3.63) is 0 Å². The summed E-state index contributed by atoms with van der Waals surface area (Å²) in [6.45, 7) is 9.53. The minimum absolute atomic E-state index is 0.479. The Hall–Kier alpha value is -0.160. The number of hydrogen-bond acceptors (Lipinski definition) is 4. The van der Waals surface area contributed by atoms with Crippen LogP contribution in [0.4, 0.5) is 0 Å². The molecule has 1 unspecified atom stereocenters. The predicted octanol–water partition coefficient (Wildman–Crippen LogP) is 0.627. The van der Waals surface area contributed by atoms with Gasteiger partial charge in [0.25, 0.3) is 0 Å². The lowest BCUT2D eigenvalue weighted by Crippen LogP contribution is -2.38. The molecule has 0 rings (SSSR count). The van der Waals surface area contributed by atoms with Crippen LogP contribution in [0.15, 0.2) is 0 Å². The Morgan fingerprint density at radius 2 is 1.93 bits per heavy atom. The lowest BCUT2D eigenvalue weighted by atomic mass is 10.3. The first-order chi connectivity index (χ1) is 7.31. The monoisotopic (exact) mass is 218 g/mol. The van der Waals surface area contributed by atoms with Gasteiger partial charge < -0.3 is 20.1 Å². The van der Waals surface area contributed by atoms with E-state index in [1.807, 2.05) is 0 Å². The molecule has 4 nitrogen and oxygen atoms in total. The first-order valence-corrected chi connectivity index (χ1v) is 5.82. The van der Waals surface area contributed by atoms with E-state index < -0.39 is 0 Å². The second-order valence-electron chi connectivity index (χ2n) is 3.66. The third-order valence-electron chi connectivity index (χ3n) is 2.02. The second-order valence-corrected chi connectivity index (χ2v) is 3.66. The fourth-order valence-corrected chi connectivity index (χ4v) is 1.19. The predicted molar refractivity (Wildman–Crippen MR) is 63.3 cm³/mol. The van der Waals surface area contributed by atoms with Crippen LogP contribution >= 0.6 is 0 Å². The van der Waals surface area contributed by atoms with E-state index >= 15 is 0 Å². The molecule has 1 atom stereocenters. The molecule has 92 valence electrons. The Morgan fingerprint density at radius 3 is 2.60 bits per heavy atom. The van der Waals surface area contributed by atoms with Crippen LogP contribution in [-0.2, 0) is 9.47 Å². The lowest BCUT2D eigenvalue weighted by molar-refractivity contribution is 0.134. The van der Waals surface area contributed by atoms with E-state index in [-0.39, 0.29) is 0 Å². The van der Waals surface area contributed by atoms with Gasteiger partial charge in [-0.2, -0.15) is 0 Å². The van der Waals surface area contributed by atoms with Gasteiger partial charge >= 0.3 is 0 Å². The van der Waals surface area contributed by atoms with Gasteiger partial charge in [-0.15, -0.1) is 0 Å². The zero-order chi connectivity index (χ0) is 11.4. The standard InChI is InChI=1S/C11H26N2O2/c1-4-7-15-9-6-13-11(2)10-12-5-8-14-3/h11-13H,4-10H2,1-3H3. The van der Waals surface area contributed by atoms with Crippen LogP contribution in [0, 0.1) is 0 Å². The molecule has 0 spiro atoms. The molecule has 0 amide bonds. The summed E-state index contributed by atoms with van der Waals surface area (Å²) < 4.78 is 10.3. The van der Waals surface area contributed by atoms with Gasteiger partial charge in [-0.25, -0.2) is 0 Å². The van der Waals surface area contributed by atoms with Gasteiger partial charge in [0.2, 0.25) is 0 Å². The number of nitrogens with one attached hydrogen (secondary N) is 2. The largest absolute Gasteiger partial charge is 0.383 e. The van der Waals surface area contributed by atoms with Crippen LogP contribution in [0.2, 0.25) is 0 Å². The van der Waals surface area contributed by atoms with Crippen LogP contribution in [0.25, 0.3) is 0 Å². The van der Waals surface area contributed by atoms with Crippen molar-refractivity contribution < 1.29 is 9.47 Å². The summed E-state index contributed by atoms with van der Waals surface area (Å²) in [5.41, 5.74) is 0.